The zero-order valence-electron chi connectivity index (χ0n) is 12.1. The van der Waals surface area contributed by atoms with Crippen LogP contribution in [-0.4, -0.2) is 36.3 Å². The summed E-state index contributed by atoms with van der Waals surface area (Å²) < 4.78 is 0. The van der Waals surface area contributed by atoms with E-state index < -0.39 is 0 Å². The van der Waals surface area contributed by atoms with Crippen molar-refractivity contribution in [3.63, 3.8) is 0 Å². The summed E-state index contributed by atoms with van der Waals surface area (Å²) in [4.78, 5) is 25.1. The molecule has 0 radical (unpaired) electrons. The molecule has 1 aromatic carbocycles. The average molecular weight is 300 g/mol. The molecule has 0 aliphatic heterocycles. The van der Waals surface area contributed by atoms with E-state index in [1.807, 2.05) is 6.92 Å². The van der Waals surface area contributed by atoms with Gasteiger partial charge in [0.25, 0.3) is 5.91 Å². The number of carbonyl (C=O) groups excluding carboxylic acids is 2. The maximum atomic E-state index is 12.2. The lowest BCUT2D eigenvalue weighted by Gasteiger charge is -2.23. The normalized spacial score (nSPS) is 11.2. The van der Waals surface area contributed by atoms with Gasteiger partial charge in [0.05, 0.1) is 0 Å². The number of halogens is 1. The van der Waals surface area contributed by atoms with Gasteiger partial charge in [-0.3, -0.25) is 9.59 Å². The second-order valence-corrected chi connectivity index (χ2v) is 4.48. The van der Waals surface area contributed by atoms with Crippen LogP contribution < -0.4 is 11.1 Å². The molecule has 0 fully saturated rings. The summed E-state index contributed by atoms with van der Waals surface area (Å²) in [7, 11) is 1.72. The van der Waals surface area contributed by atoms with Gasteiger partial charge in [-0.15, -0.1) is 12.4 Å². The van der Waals surface area contributed by atoms with Gasteiger partial charge in [0.15, 0.2) is 0 Å². The van der Waals surface area contributed by atoms with Crippen molar-refractivity contribution in [1.29, 1.82) is 0 Å². The Labute approximate surface area is 125 Å². The third kappa shape index (κ3) is 4.83. The summed E-state index contributed by atoms with van der Waals surface area (Å²) in [5.41, 5.74) is 6.72. The zero-order valence-corrected chi connectivity index (χ0v) is 12.9. The smallest absolute Gasteiger partial charge is 0.253 e. The number of hydrogen-bond donors (Lipinski definition) is 2. The molecule has 1 unspecified atom stereocenters. The van der Waals surface area contributed by atoms with E-state index in [1.54, 1.807) is 43.1 Å². The van der Waals surface area contributed by atoms with Gasteiger partial charge in [-0.25, -0.2) is 0 Å². The monoisotopic (exact) mass is 299 g/mol. The Morgan fingerprint density at radius 2 is 2.05 bits per heavy atom. The van der Waals surface area contributed by atoms with Crippen molar-refractivity contribution in [2.24, 2.45) is 5.73 Å². The number of nitrogens with two attached hydrogens (primary N) is 1. The van der Waals surface area contributed by atoms with Crippen LogP contribution in [0.4, 0.5) is 5.69 Å². The predicted octanol–water partition coefficient (Wildman–Crippen LogP) is 1.88. The molecule has 3 N–H and O–H groups in total. The molecule has 2 amide bonds. The van der Waals surface area contributed by atoms with Crippen LogP contribution in [0.25, 0.3) is 0 Å². The highest BCUT2D eigenvalue weighted by Gasteiger charge is 2.16. The summed E-state index contributed by atoms with van der Waals surface area (Å²) in [6.07, 6.45) is 0.405. The lowest BCUT2D eigenvalue weighted by Crippen LogP contribution is -2.39. The van der Waals surface area contributed by atoms with E-state index >= 15 is 0 Å². The van der Waals surface area contributed by atoms with E-state index in [-0.39, 0.29) is 30.3 Å². The van der Waals surface area contributed by atoms with Gasteiger partial charge < -0.3 is 16.0 Å². The first-order valence-corrected chi connectivity index (χ1v) is 6.36. The molecule has 5 nitrogen and oxygen atoms in total. The number of carbonyl (C=O) groups is 2. The first-order chi connectivity index (χ1) is 8.99. The SMILES string of the molecule is CCC(=O)Nc1cccc(C(=O)N(C)C(C)CN)c1.Cl. The Bertz CT molecular complexity index is 465. The highest BCUT2D eigenvalue weighted by molar-refractivity contribution is 5.97. The van der Waals surface area contributed by atoms with Crippen molar-refractivity contribution in [3.05, 3.63) is 29.8 Å². The Balaban J connectivity index is 0.00000361. The van der Waals surface area contributed by atoms with Gasteiger partial charge in [-0.1, -0.05) is 13.0 Å². The van der Waals surface area contributed by atoms with Gasteiger partial charge in [0.1, 0.15) is 0 Å². The first kappa shape index (κ1) is 18.4. The molecule has 112 valence electrons. The number of likely N-dealkylation sites (N-methyl/N-ethyl adjacent to an activating group) is 1. The molecular weight excluding hydrogens is 278 g/mol. The summed E-state index contributed by atoms with van der Waals surface area (Å²) in [5.74, 6) is -0.182. The molecular formula is C14H22ClN3O2. The molecule has 0 heterocycles. The predicted molar refractivity (Wildman–Crippen MR) is 83.2 cm³/mol. The van der Waals surface area contributed by atoms with E-state index in [0.717, 1.165) is 0 Å². The van der Waals surface area contributed by atoms with Gasteiger partial charge in [0, 0.05) is 37.3 Å². The van der Waals surface area contributed by atoms with Crippen LogP contribution in [0, 0.1) is 0 Å². The summed E-state index contributed by atoms with van der Waals surface area (Å²) in [6, 6.07) is 6.89. The number of nitrogens with one attached hydrogen (secondary N) is 1. The molecule has 0 spiro atoms. The van der Waals surface area contributed by atoms with Gasteiger partial charge in [-0.05, 0) is 25.1 Å². The minimum absolute atomic E-state index is 0. The second kappa shape index (κ2) is 8.55. The molecule has 0 aliphatic carbocycles. The largest absolute Gasteiger partial charge is 0.338 e. The highest BCUT2D eigenvalue weighted by atomic mass is 35.5. The van der Waals surface area contributed by atoms with Gasteiger partial charge in [0.2, 0.25) is 5.91 Å². The van der Waals surface area contributed by atoms with Crippen molar-refractivity contribution in [1.82, 2.24) is 4.90 Å². The van der Waals surface area contributed by atoms with Crippen molar-refractivity contribution >= 4 is 29.9 Å². The number of nitrogens with zero attached hydrogens (tertiary/aromatic N) is 1. The van der Waals surface area contributed by atoms with Crippen LogP contribution in [0.15, 0.2) is 24.3 Å². The number of hydrogen-bond acceptors (Lipinski definition) is 3. The fraction of sp³-hybridized carbons (Fsp3) is 0.429. The van der Waals surface area contributed by atoms with E-state index in [0.29, 0.717) is 24.2 Å². The van der Waals surface area contributed by atoms with Crippen molar-refractivity contribution < 1.29 is 9.59 Å². The molecule has 0 aliphatic rings. The zero-order chi connectivity index (χ0) is 14.4. The van der Waals surface area contributed by atoms with Crippen molar-refractivity contribution in [2.75, 3.05) is 18.9 Å². The summed E-state index contributed by atoms with van der Waals surface area (Å²) >= 11 is 0. The number of rotatable bonds is 5. The van der Waals surface area contributed by atoms with Gasteiger partial charge >= 0.3 is 0 Å². The quantitative estimate of drug-likeness (QED) is 0.871. The molecule has 0 saturated carbocycles. The molecule has 1 atom stereocenters. The fourth-order valence-electron chi connectivity index (χ4n) is 1.54. The average Bonchev–Trinajstić information content (AvgIpc) is 2.44. The molecule has 20 heavy (non-hydrogen) atoms. The summed E-state index contributed by atoms with van der Waals surface area (Å²) in [5, 5.41) is 2.73. The fourth-order valence-corrected chi connectivity index (χ4v) is 1.54. The Morgan fingerprint density at radius 3 is 2.60 bits per heavy atom. The van der Waals surface area contributed by atoms with Crippen LogP contribution in [0.3, 0.4) is 0 Å². The summed E-state index contributed by atoms with van der Waals surface area (Å²) in [6.45, 7) is 4.08. The Kier molecular flexibility index (Phi) is 7.87. The van der Waals surface area contributed by atoms with Crippen LogP contribution in [0.1, 0.15) is 30.6 Å². The first-order valence-electron chi connectivity index (χ1n) is 6.36. The van der Waals surface area contributed by atoms with Crippen molar-refractivity contribution in [3.8, 4) is 0 Å². The molecule has 0 saturated heterocycles. The highest BCUT2D eigenvalue weighted by Crippen LogP contribution is 2.13. The minimum atomic E-state index is -0.106. The standard InChI is InChI=1S/C14H21N3O2.ClH/c1-4-13(18)16-12-7-5-6-11(8-12)14(19)17(3)10(2)9-15;/h5-8,10H,4,9,15H2,1-3H3,(H,16,18);1H. The lowest BCUT2D eigenvalue weighted by atomic mass is 10.1. The van der Waals surface area contributed by atoms with Crippen LogP contribution in [0.2, 0.25) is 0 Å². The Hall–Kier alpha value is -1.59. The molecule has 0 aromatic heterocycles. The Morgan fingerprint density at radius 1 is 1.40 bits per heavy atom. The topological polar surface area (TPSA) is 75.4 Å². The molecule has 1 rings (SSSR count). The maximum absolute atomic E-state index is 12.2. The van der Waals surface area contributed by atoms with E-state index in [4.69, 9.17) is 5.73 Å². The third-order valence-corrected chi connectivity index (χ3v) is 3.04. The van der Waals surface area contributed by atoms with Crippen LogP contribution >= 0.6 is 12.4 Å². The number of amides is 2. The minimum Gasteiger partial charge on any atom is -0.338 e. The van der Waals surface area contributed by atoms with E-state index in [9.17, 15) is 9.59 Å². The van der Waals surface area contributed by atoms with E-state index in [1.165, 1.54) is 0 Å². The van der Waals surface area contributed by atoms with Gasteiger partial charge in [-0.2, -0.15) is 0 Å². The van der Waals surface area contributed by atoms with Crippen LogP contribution in [0.5, 0.6) is 0 Å². The van der Waals surface area contributed by atoms with E-state index in [2.05, 4.69) is 5.32 Å². The number of anilines is 1. The molecule has 6 heteroatoms. The third-order valence-electron chi connectivity index (χ3n) is 3.04. The molecule has 0 bridgehead atoms. The molecule has 1 aromatic rings. The van der Waals surface area contributed by atoms with Crippen LogP contribution in [-0.2, 0) is 4.79 Å². The lowest BCUT2D eigenvalue weighted by molar-refractivity contribution is -0.115. The number of benzene rings is 1. The van der Waals surface area contributed by atoms with Crippen molar-refractivity contribution in [2.45, 2.75) is 26.3 Å². The maximum Gasteiger partial charge on any atom is 0.253 e. The second-order valence-electron chi connectivity index (χ2n) is 4.48.